The molecule has 0 aliphatic rings. The van der Waals surface area contributed by atoms with Gasteiger partial charge in [0.25, 0.3) is 0 Å². The van der Waals surface area contributed by atoms with Crippen LogP contribution in [0.5, 0.6) is 0 Å². The monoisotopic (exact) mass is 393 g/mol. The van der Waals surface area contributed by atoms with E-state index in [4.69, 9.17) is 5.11 Å². The zero-order chi connectivity index (χ0) is 15.6. The molecule has 2 rings (SSSR count). The van der Waals surface area contributed by atoms with Gasteiger partial charge in [-0.25, -0.2) is 18.4 Å². The fourth-order valence-corrected chi connectivity index (χ4v) is 3.24. The summed E-state index contributed by atoms with van der Waals surface area (Å²) in [6.45, 7) is 0.186. The Hall–Kier alpha value is -1.13. The van der Waals surface area contributed by atoms with Crippen LogP contribution in [0.25, 0.3) is 11.2 Å². The lowest BCUT2D eigenvalue weighted by Crippen LogP contribution is -2.12. The number of aryl methyl sites for hydroxylation is 1. The lowest BCUT2D eigenvalue weighted by Gasteiger charge is -2.06. The molecule has 0 spiro atoms. The Morgan fingerprint density at radius 3 is 2.86 bits per heavy atom. The number of aliphatic carboxylic acids is 1. The van der Waals surface area contributed by atoms with Gasteiger partial charge in [-0.2, -0.15) is 0 Å². The molecule has 0 atom stereocenters. The molecule has 0 unspecified atom stereocenters. The van der Waals surface area contributed by atoms with Crippen molar-refractivity contribution >= 4 is 54.7 Å². The highest BCUT2D eigenvalue weighted by atomic mass is 79.9. The van der Waals surface area contributed by atoms with Crippen molar-refractivity contribution in [1.29, 1.82) is 0 Å². The Morgan fingerprint density at radius 2 is 2.24 bits per heavy atom. The zero-order valence-electron chi connectivity index (χ0n) is 11.0. The van der Waals surface area contributed by atoms with E-state index in [1.165, 1.54) is 0 Å². The number of pyridine rings is 1. The van der Waals surface area contributed by atoms with Crippen LogP contribution in [-0.2, 0) is 21.2 Å². The van der Waals surface area contributed by atoms with Gasteiger partial charge in [0.15, 0.2) is 10.8 Å². The molecule has 0 aromatic carbocycles. The second kappa shape index (κ2) is 6.32. The minimum Gasteiger partial charge on any atom is -0.481 e. The molecule has 7 nitrogen and oxygen atoms in total. The number of hydrogen-bond acceptors (Lipinski definition) is 6. The minimum atomic E-state index is -3.14. The number of rotatable bonds is 6. The molecule has 10 heteroatoms. The predicted octanol–water partition coefficient (Wildman–Crippen LogP) is 1.42. The summed E-state index contributed by atoms with van der Waals surface area (Å²) in [5.74, 6) is -1.17. The number of hydrogen-bond donors (Lipinski definition) is 1. The highest BCUT2D eigenvalue weighted by molar-refractivity contribution is 9.10. The molecule has 1 N–H and O–H groups in total. The summed E-state index contributed by atoms with van der Waals surface area (Å²) in [5, 5.41) is 9.21. The molecular formula is C11H12BrN3O4S2. The van der Waals surface area contributed by atoms with E-state index in [0.29, 0.717) is 16.3 Å². The molecule has 2 aromatic rings. The molecule has 0 radical (unpaired) electrons. The average Bonchev–Trinajstić information content (AvgIpc) is 2.69. The summed E-state index contributed by atoms with van der Waals surface area (Å²) in [6.07, 6.45) is 2.74. The number of nitrogens with zero attached hydrogens (tertiary/aromatic N) is 3. The van der Waals surface area contributed by atoms with Crippen molar-refractivity contribution in [2.45, 2.75) is 11.7 Å². The standard InChI is InChI=1S/C11H12BrN3O4S2/c1-21(18,19)3-2-15-10-8(4-7(12)5-13-10)14-11(15)20-6-9(16)17/h4-5H,2-3,6H2,1H3,(H,16,17). The van der Waals surface area contributed by atoms with E-state index in [1.54, 1.807) is 16.8 Å². The van der Waals surface area contributed by atoms with Gasteiger partial charge in [0.2, 0.25) is 0 Å². The number of carboxylic acid groups (broad SMARTS) is 1. The SMILES string of the molecule is CS(=O)(=O)CCn1c(SCC(=O)O)nc2cc(Br)cnc21. The van der Waals surface area contributed by atoms with Crippen molar-refractivity contribution in [1.82, 2.24) is 14.5 Å². The summed E-state index contributed by atoms with van der Waals surface area (Å²) < 4.78 is 25.0. The van der Waals surface area contributed by atoms with Gasteiger partial charge in [-0.15, -0.1) is 0 Å². The van der Waals surface area contributed by atoms with Crippen LogP contribution in [0, 0.1) is 0 Å². The largest absolute Gasteiger partial charge is 0.481 e. The Balaban J connectivity index is 2.41. The van der Waals surface area contributed by atoms with E-state index in [9.17, 15) is 13.2 Å². The van der Waals surface area contributed by atoms with Crippen molar-refractivity contribution in [3.63, 3.8) is 0 Å². The molecule has 2 heterocycles. The maximum Gasteiger partial charge on any atom is 0.313 e. The molecule has 114 valence electrons. The summed E-state index contributed by atoms with van der Waals surface area (Å²) in [5.41, 5.74) is 1.13. The summed E-state index contributed by atoms with van der Waals surface area (Å²) >= 11 is 4.33. The number of sulfone groups is 1. The second-order valence-electron chi connectivity index (χ2n) is 4.35. The van der Waals surface area contributed by atoms with E-state index in [1.807, 2.05) is 0 Å². The van der Waals surface area contributed by atoms with Crippen molar-refractivity contribution in [3.8, 4) is 0 Å². The Labute approximate surface area is 133 Å². The number of carbonyl (C=O) groups is 1. The Morgan fingerprint density at radius 1 is 1.52 bits per heavy atom. The fraction of sp³-hybridized carbons (Fsp3) is 0.364. The zero-order valence-corrected chi connectivity index (χ0v) is 14.2. The van der Waals surface area contributed by atoms with Gasteiger partial charge in [-0.05, 0) is 22.0 Å². The van der Waals surface area contributed by atoms with Gasteiger partial charge in [0.1, 0.15) is 15.4 Å². The van der Waals surface area contributed by atoms with Crippen LogP contribution < -0.4 is 0 Å². The van der Waals surface area contributed by atoms with Crippen LogP contribution in [0.4, 0.5) is 0 Å². The molecule has 0 fully saturated rings. The van der Waals surface area contributed by atoms with Crippen LogP contribution in [0.2, 0.25) is 0 Å². The van der Waals surface area contributed by atoms with Gasteiger partial charge < -0.3 is 9.67 Å². The van der Waals surface area contributed by atoms with Crippen LogP contribution in [0.3, 0.4) is 0 Å². The molecule has 21 heavy (non-hydrogen) atoms. The first-order chi connectivity index (χ1) is 9.76. The lowest BCUT2D eigenvalue weighted by molar-refractivity contribution is -0.133. The molecule has 2 aromatic heterocycles. The maximum absolute atomic E-state index is 11.3. The van der Waals surface area contributed by atoms with Crippen molar-refractivity contribution in [2.75, 3.05) is 17.8 Å². The van der Waals surface area contributed by atoms with E-state index in [2.05, 4.69) is 25.9 Å². The quantitative estimate of drug-likeness (QED) is 0.740. The lowest BCUT2D eigenvalue weighted by atomic mass is 10.4. The van der Waals surface area contributed by atoms with Gasteiger partial charge >= 0.3 is 5.97 Å². The van der Waals surface area contributed by atoms with Gasteiger partial charge in [-0.1, -0.05) is 11.8 Å². The average molecular weight is 394 g/mol. The number of imidazole rings is 1. The third kappa shape index (κ3) is 4.42. The van der Waals surface area contributed by atoms with E-state index >= 15 is 0 Å². The minimum absolute atomic E-state index is 0.0587. The van der Waals surface area contributed by atoms with Crippen LogP contribution in [0.15, 0.2) is 21.9 Å². The van der Waals surface area contributed by atoms with Gasteiger partial charge in [0, 0.05) is 23.5 Å². The highest BCUT2D eigenvalue weighted by Gasteiger charge is 2.15. The number of fused-ring (bicyclic) bond motifs is 1. The number of aromatic nitrogens is 3. The molecule has 0 amide bonds. The number of thioether (sulfide) groups is 1. The van der Waals surface area contributed by atoms with E-state index in [0.717, 1.165) is 22.5 Å². The molecule has 0 bridgehead atoms. The molecule has 0 aliphatic carbocycles. The van der Waals surface area contributed by atoms with Crippen LogP contribution in [0.1, 0.15) is 0 Å². The third-order valence-corrected chi connectivity index (χ3v) is 4.85. The molecule has 0 saturated carbocycles. The van der Waals surface area contributed by atoms with Crippen molar-refractivity contribution in [3.05, 3.63) is 16.7 Å². The summed E-state index contributed by atoms with van der Waals surface area (Å²) in [4.78, 5) is 19.2. The van der Waals surface area contributed by atoms with Gasteiger partial charge in [0.05, 0.1) is 11.5 Å². The third-order valence-electron chi connectivity index (χ3n) is 2.53. The molecular weight excluding hydrogens is 382 g/mol. The molecule has 0 saturated heterocycles. The van der Waals surface area contributed by atoms with Crippen LogP contribution in [-0.4, -0.2) is 51.8 Å². The second-order valence-corrected chi connectivity index (χ2v) is 8.47. The highest BCUT2D eigenvalue weighted by Crippen LogP contribution is 2.24. The van der Waals surface area contributed by atoms with E-state index in [-0.39, 0.29) is 18.1 Å². The van der Waals surface area contributed by atoms with Crippen molar-refractivity contribution in [2.24, 2.45) is 0 Å². The topological polar surface area (TPSA) is 102 Å². The Bertz CT molecular complexity index is 788. The summed E-state index contributed by atoms with van der Waals surface area (Å²) in [7, 11) is -3.14. The first-order valence-corrected chi connectivity index (χ1v) is 9.64. The van der Waals surface area contributed by atoms with Gasteiger partial charge in [-0.3, -0.25) is 4.79 Å². The summed E-state index contributed by atoms with van der Waals surface area (Å²) in [6, 6.07) is 1.75. The number of halogens is 1. The van der Waals surface area contributed by atoms with Crippen LogP contribution >= 0.6 is 27.7 Å². The Kier molecular flexibility index (Phi) is 4.89. The predicted molar refractivity (Wildman–Crippen MR) is 83.3 cm³/mol. The fourth-order valence-electron chi connectivity index (χ4n) is 1.66. The normalized spacial score (nSPS) is 11.9. The number of carboxylic acids is 1. The van der Waals surface area contributed by atoms with Crippen molar-refractivity contribution < 1.29 is 18.3 Å². The first kappa shape index (κ1) is 16.2. The van der Waals surface area contributed by atoms with E-state index < -0.39 is 15.8 Å². The maximum atomic E-state index is 11.3. The first-order valence-electron chi connectivity index (χ1n) is 5.80. The molecule has 0 aliphatic heterocycles. The smallest absolute Gasteiger partial charge is 0.313 e.